The summed E-state index contributed by atoms with van der Waals surface area (Å²) in [6, 6.07) is 0.290. The number of hydrogen-bond acceptors (Lipinski definition) is 3. The molecule has 76 valence electrons. The van der Waals surface area contributed by atoms with Crippen LogP contribution in [0, 0.1) is 6.92 Å². The summed E-state index contributed by atoms with van der Waals surface area (Å²) in [6.45, 7) is 1.82. The molecule has 0 aliphatic heterocycles. The molecule has 1 aromatic heterocycles. The molecule has 1 aromatic rings. The number of aromatic nitrogens is 2. The predicted octanol–water partition coefficient (Wildman–Crippen LogP) is -0.442. The summed E-state index contributed by atoms with van der Waals surface area (Å²) in [6.07, 6.45) is 2.60. The highest BCUT2D eigenvalue weighted by Crippen LogP contribution is 2.18. The maximum atomic E-state index is 11.7. The third-order valence-electron chi connectivity index (χ3n) is 2.41. The highest BCUT2D eigenvalue weighted by atomic mass is 16.1. The van der Waals surface area contributed by atoms with Crippen molar-refractivity contribution in [3.8, 4) is 0 Å². The Morgan fingerprint density at radius 2 is 2.43 bits per heavy atom. The Kier molecular flexibility index (Phi) is 2.03. The van der Waals surface area contributed by atoms with Crippen LogP contribution in [0.3, 0.4) is 0 Å². The monoisotopic (exact) mass is 194 g/mol. The number of rotatable bonds is 2. The van der Waals surface area contributed by atoms with Crippen LogP contribution in [0.5, 0.6) is 0 Å². The summed E-state index contributed by atoms with van der Waals surface area (Å²) < 4.78 is 1.64. The van der Waals surface area contributed by atoms with E-state index in [0.29, 0.717) is 5.56 Å². The van der Waals surface area contributed by atoms with Crippen molar-refractivity contribution in [2.45, 2.75) is 25.4 Å². The lowest BCUT2D eigenvalue weighted by molar-refractivity contribution is 0.0949. The number of hydrogen-bond donors (Lipinski definition) is 2. The number of aryl methyl sites for hydroxylation is 2. The zero-order chi connectivity index (χ0) is 10.3. The quantitative estimate of drug-likeness (QED) is 0.670. The summed E-state index contributed by atoms with van der Waals surface area (Å²) in [5, 5.41) is 6.96. The number of nitrogens with two attached hydrogens (primary N) is 1. The van der Waals surface area contributed by atoms with Gasteiger partial charge in [0.1, 0.15) is 0 Å². The highest BCUT2D eigenvalue weighted by Gasteiger charge is 2.35. The molecular formula is C9H14N4O. The molecule has 3 N–H and O–H groups in total. The van der Waals surface area contributed by atoms with E-state index in [-0.39, 0.29) is 18.0 Å². The molecule has 5 nitrogen and oxygen atoms in total. The summed E-state index contributed by atoms with van der Waals surface area (Å²) in [4.78, 5) is 11.7. The van der Waals surface area contributed by atoms with Gasteiger partial charge in [0, 0.05) is 25.3 Å². The number of amides is 1. The van der Waals surface area contributed by atoms with Gasteiger partial charge in [-0.05, 0) is 13.3 Å². The van der Waals surface area contributed by atoms with Crippen molar-refractivity contribution in [1.29, 1.82) is 0 Å². The molecule has 14 heavy (non-hydrogen) atoms. The van der Waals surface area contributed by atoms with Crippen molar-refractivity contribution in [1.82, 2.24) is 15.1 Å². The molecule has 0 bridgehead atoms. The van der Waals surface area contributed by atoms with Gasteiger partial charge < -0.3 is 11.1 Å². The van der Waals surface area contributed by atoms with E-state index in [1.807, 2.05) is 6.92 Å². The topological polar surface area (TPSA) is 72.9 Å². The minimum atomic E-state index is -0.0754. The SMILES string of the molecule is Cc1nn(C)cc1C(=O)NC1CC1N. The normalized spacial score (nSPS) is 24.8. The third-order valence-corrected chi connectivity index (χ3v) is 2.41. The second kappa shape index (κ2) is 3.09. The minimum absolute atomic E-state index is 0.0754. The molecule has 1 saturated carbocycles. The maximum Gasteiger partial charge on any atom is 0.255 e. The van der Waals surface area contributed by atoms with Gasteiger partial charge in [-0.2, -0.15) is 5.10 Å². The molecule has 0 saturated heterocycles. The second-order valence-corrected chi connectivity index (χ2v) is 3.78. The van der Waals surface area contributed by atoms with E-state index in [1.54, 1.807) is 17.9 Å². The summed E-state index contributed by atoms with van der Waals surface area (Å²) >= 11 is 0. The van der Waals surface area contributed by atoms with Crippen LogP contribution in [0.15, 0.2) is 6.20 Å². The average molecular weight is 194 g/mol. The fraction of sp³-hybridized carbons (Fsp3) is 0.556. The highest BCUT2D eigenvalue weighted by molar-refractivity contribution is 5.95. The molecule has 2 unspecified atom stereocenters. The Labute approximate surface area is 82.3 Å². The van der Waals surface area contributed by atoms with Crippen LogP contribution in [-0.2, 0) is 7.05 Å². The van der Waals surface area contributed by atoms with Crippen LogP contribution in [0.4, 0.5) is 0 Å². The van der Waals surface area contributed by atoms with E-state index in [1.165, 1.54) is 0 Å². The largest absolute Gasteiger partial charge is 0.348 e. The van der Waals surface area contributed by atoms with E-state index in [4.69, 9.17) is 5.73 Å². The van der Waals surface area contributed by atoms with Crippen molar-refractivity contribution in [2.75, 3.05) is 0 Å². The Bertz CT molecular complexity index is 371. The molecule has 0 aromatic carbocycles. The molecular weight excluding hydrogens is 180 g/mol. The van der Waals surface area contributed by atoms with E-state index >= 15 is 0 Å². The number of nitrogens with zero attached hydrogens (tertiary/aromatic N) is 2. The molecule has 2 atom stereocenters. The predicted molar refractivity (Wildman–Crippen MR) is 51.8 cm³/mol. The first kappa shape index (κ1) is 9.21. The van der Waals surface area contributed by atoms with Crippen molar-refractivity contribution >= 4 is 5.91 Å². The smallest absolute Gasteiger partial charge is 0.255 e. The minimum Gasteiger partial charge on any atom is -0.348 e. The van der Waals surface area contributed by atoms with Crippen molar-refractivity contribution in [3.05, 3.63) is 17.5 Å². The Hall–Kier alpha value is -1.36. The van der Waals surface area contributed by atoms with E-state index in [9.17, 15) is 4.79 Å². The Morgan fingerprint density at radius 3 is 2.86 bits per heavy atom. The van der Waals surface area contributed by atoms with E-state index < -0.39 is 0 Å². The lowest BCUT2D eigenvalue weighted by Crippen LogP contribution is -2.29. The van der Waals surface area contributed by atoms with Crippen LogP contribution >= 0.6 is 0 Å². The second-order valence-electron chi connectivity index (χ2n) is 3.78. The molecule has 1 aliphatic rings. The standard InChI is InChI=1S/C9H14N4O/c1-5-6(4-13(2)12-5)9(14)11-8-3-7(8)10/h4,7-8H,3,10H2,1-2H3,(H,11,14). The number of carbonyl (C=O) groups is 1. The van der Waals surface area contributed by atoms with E-state index in [0.717, 1.165) is 12.1 Å². The summed E-state index contributed by atoms with van der Waals surface area (Å²) in [5.74, 6) is -0.0754. The van der Waals surface area contributed by atoms with Crippen LogP contribution in [-0.4, -0.2) is 27.8 Å². The number of carbonyl (C=O) groups excluding carboxylic acids is 1. The molecule has 0 radical (unpaired) electrons. The van der Waals surface area contributed by atoms with E-state index in [2.05, 4.69) is 10.4 Å². The first-order chi connectivity index (χ1) is 6.58. The Balaban J connectivity index is 2.07. The third kappa shape index (κ3) is 1.63. The first-order valence-electron chi connectivity index (χ1n) is 4.64. The molecule has 1 fully saturated rings. The fourth-order valence-corrected chi connectivity index (χ4v) is 1.45. The van der Waals surface area contributed by atoms with Crippen LogP contribution < -0.4 is 11.1 Å². The maximum absolute atomic E-state index is 11.7. The first-order valence-corrected chi connectivity index (χ1v) is 4.64. The Morgan fingerprint density at radius 1 is 1.79 bits per heavy atom. The van der Waals surface area contributed by atoms with Gasteiger partial charge in [-0.25, -0.2) is 0 Å². The lowest BCUT2D eigenvalue weighted by Gasteiger charge is -2.01. The average Bonchev–Trinajstić information content (AvgIpc) is 2.64. The summed E-state index contributed by atoms with van der Waals surface area (Å²) in [7, 11) is 1.80. The molecule has 0 spiro atoms. The number of nitrogens with one attached hydrogen (secondary N) is 1. The lowest BCUT2D eigenvalue weighted by atomic mass is 10.2. The molecule has 1 heterocycles. The van der Waals surface area contributed by atoms with Gasteiger partial charge >= 0.3 is 0 Å². The van der Waals surface area contributed by atoms with Crippen molar-refractivity contribution in [3.63, 3.8) is 0 Å². The summed E-state index contributed by atoms with van der Waals surface area (Å²) in [5.41, 5.74) is 6.98. The van der Waals surface area contributed by atoms with Crippen LogP contribution in [0.25, 0.3) is 0 Å². The van der Waals surface area contributed by atoms with Gasteiger partial charge in [0.05, 0.1) is 11.3 Å². The van der Waals surface area contributed by atoms with Gasteiger partial charge in [0.2, 0.25) is 0 Å². The molecule has 5 heteroatoms. The van der Waals surface area contributed by atoms with Gasteiger partial charge in [-0.15, -0.1) is 0 Å². The van der Waals surface area contributed by atoms with Crippen molar-refractivity contribution < 1.29 is 4.79 Å². The van der Waals surface area contributed by atoms with Gasteiger partial charge in [-0.3, -0.25) is 9.48 Å². The molecule has 1 aliphatic carbocycles. The van der Waals surface area contributed by atoms with Gasteiger partial charge in [-0.1, -0.05) is 0 Å². The van der Waals surface area contributed by atoms with Crippen LogP contribution in [0.1, 0.15) is 22.5 Å². The zero-order valence-corrected chi connectivity index (χ0v) is 8.32. The van der Waals surface area contributed by atoms with Crippen LogP contribution in [0.2, 0.25) is 0 Å². The zero-order valence-electron chi connectivity index (χ0n) is 8.32. The fourth-order valence-electron chi connectivity index (χ4n) is 1.45. The molecule has 2 rings (SSSR count). The molecule has 1 amide bonds. The van der Waals surface area contributed by atoms with Crippen molar-refractivity contribution in [2.24, 2.45) is 12.8 Å². The van der Waals surface area contributed by atoms with Gasteiger partial charge in [0.15, 0.2) is 0 Å². The van der Waals surface area contributed by atoms with Gasteiger partial charge in [0.25, 0.3) is 5.91 Å².